The number of aliphatic hydroxyl groups is 2. The summed E-state index contributed by atoms with van der Waals surface area (Å²) in [5.74, 6) is 4.95. The number of rotatable bonds is 10. The molecule has 9 nitrogen and oxygen atoms in total. The van der Waals surface area contributed by atoms with Gasteiger partial charge in [0.15, 0.2) is 0 Å². The van der Waals surface area contributed by atoms with Gasteiger partial charge in [0.25, 0.3) is 0 Å². The molecule has 270 valence electrons. The first-order valence-corrected chi connectivity index (χ1v) is 18.4. The van der Waals surface area contributed by atoms with Gasteiger partial charge in [-0.15, -0.1) is 0 Å². The fourth-order valence-electron chi connectivity index (χ4n) is 8.73. The van der Waals surface area contributed by atoms with Crippen molar-refractivity contribution in [1.29, 1.82) is 0 Å². The first-order chi connectivity index (χ1) is 24.8. The molecule has 3 aromatic carbocycles. The minimum absolute atomic E-state index is 0.228. The molecule has 2 saturated heterocycles. The third-order valence-electron chi connectivity index (χ3n) is 11.3. The number of para-hydroxylation sites is 1. The van der Waals surface area contributed by atoms with Gasteiger partial charge in [0.1, 0.15) is 23.0 Å². The zero-order valence-corrected chi connectivity index (χ0v) is 29.4. The van der Waals surface area contributed by atoms with Crippen LogP contribution in [0, 0.1) is 30.6 Å². The van der Waals surface area contributed by atoms with E-state index in [2.05, 4.69) is 14.8 Å². The van der Waals surface area contributed by atoms with Crippen LogP contribution in [0.3, 0.4) is 0 Å². The van der Waals surface area contributed by atoms with Crippen molar-refractivity contribution in [2.75, 3.05) is 39.3 Å². The van der Waals surface area contributed by atoms with Crippen molar-refractivity contribution in [3.05, 3.63) is 114 Å². The number of benzene rings is 3. The highest BCUT2D eigenvalue weighted by Crippen LogP contribution is 2.41. The molecule has 0 spiro atoms. The summed E-state index contributed by atoms with van der Waals surface area (Å²) in [5, 5.41) is 39.6. The van der Waals surface area contributed by atoms with Crippen molar-refractivity contribution in [2.45, 2.75) is 57.0 Å². The molecule has 4 unspecified atom stereocenters. The molecule has 4 aliphatic rings. The van der Waals surface area contributed by atoms with Crippen LogP contribution in [-0.2, 0) is 0 Å². The maximum Gasteiger partial charge on any atom is 0.140 e. The molecule has 8 atom stereocenters. The summed E-state index contributed by atoms with van der Waals surface area (Å²) in [4.78, 5) is 9.02. The molecule has 0 radical (unpaired) electrons. The van der Waals surface area contributed by atoms with Gasteiger partial charge in [0, 0.05) is 45.5 Å². The first-order valence-electron chi connectivity index (χ1n) is 18.4. The van der Waals surface area contributed by atoms with Crippen molar-refractivity contribution in [2.24, 2.45) is 23.7 Å². The van der Waals surface area contributed by atoms with Crippen molar-refractivity contribution in [3.63, 3.8) is 0 Å². The molecule has 8 rings (SSSR count). The first kappa shape index (κ1) is 35.3. The van der Waals surface area contributed by atoms with Crippen LogP contribution in [0.2, 0.25) is 0 Å². The average Bonchev–Trinajstić information content (AvgIpc) is 3.87. The number of phenolic OH excluding ortho intramolecular Hbond substituents is 2. The number of aromatic hydroxyl groups is 2. The quantitative estimate of drug-likeness (QED) is 0.156. The zero-order valence-electron chi connectivity index (χ0n) is 29.4. The molecule has 2 aliphatic carbocycles. The molecular weight excluding hydrogens is 642 g/mol. The molecule has 9 heteroatoms. The SMILES string of the molecule is Cc1ncccc1OC1C[C@@H]2CN(CC(O)c3ccc(O)cc3)C[C@@H]2C1.Oc1ccc(C(O)CN2C[C@H]3CC(Oc4ccccc4)C[C@H]3C2)cc1. The number of nitrogens with zero attached hydrogens (tertiary/aromatic N) is 3. The fraction of sp³-hybridized carbons (Fsp3) is 0.452. The standard InChI is InChI=1S/C21H26N2O3.C21H25NO3/c1-14-21(3-2-8-22-14)26-19-9-16-11-23(12-17(16)10-19)13-20(25)15-4-6-18(24)7-5-15;23-18-8-6-15(7-9-18)21(24)14-22-12-16-10-20(11-17(16)13-22)25-19-4-2-1-3-5-19/h2-8,16-17,19-20,24-25H,9-13H2,1H3;1-9,16-17,20-21,23-24H,10-14H2/t16-,17+,19?,20?;16-,17+,20?,21?. The maximum atomic E-state index is 10.5. The summed E-state index contributed by atoms with van der Waals surface area (Å²) in [6, 6.07) is 27.7. The van der Waals surface area contributed by atoms with E-state index in [0.717, 1.165) is 80.2 Å². The van der Waals surface area contributed by atoms with Gasteiger partial charge in [-0.2, -0.15) is 0 Å². The third-order valence-corrected chi connectivity index (χ3v) is 11.3. The lowest BCUT2D eigenvalue weighted by Gasteiger charge is -2.22. The van der Waals surface area contributed by atoms with Crippen LogP contribution in [0.5, 0.6) is 23.0 Å². The van der Waals surface area contributed by atoms with Crippen molar-refractivity contribution in [1.82, 2.24) is 14.8 Å². The number of aliphatic hydroxyl groups excluding tert-OH is 2. The van der Waals surface area contributed by atoms with Crippen LogP contribution in [0.4, 0.5) is 0 Å². The van der Waals surface area contributed by atoms with E-state index < -0.39 is 12.2 Å². The van der Waals surface area contributed by atoms with Crippen LogP contribution < -0.4 is 9.47 Å². The molecule has 2 saturated carbocycles. The zero-order chi connectivity index (χ0) is 35.3. The Hall–Kier alpha value is -4.15. The Morgan fingerprint density at radius 3 is 1.51 bits per heavy atom. The van der Waals surface area contributed by atoms with E-state index in [1.807, 2.05) is 49.4 Å². The lowest BCUT2D eigenvalue weighted by atomic mass is 10.0. The second-order valence-electron chi connectivity index (χ2n) is 15.0. The lowest BCUT2D eigenvalue weighted by molar-refractivity contribution is 0.115. The molecule has 1 aromatic heterocycles. The number of pyridine rings is 1. The highest BCUT2D eigenvalue weighted by molar-refractivity contribution is 5.29. The van der Waals surface area contributed by atoms with Crippen LogP contribution in [0.1, 0.15) is 54.7 Å². The van der Waals surface area contributed by atoms with Crippen molar-refractivity contribution >= 4 is 0 Å². The lowest BCUT2D eigenvalue weighted by Crippen LogP contribution is -2.29. The van der Waals surface area contributed by atoms with E-state index in [4.69, 9.17) is 9.47 Å². The molecule has 3 heterocycles. The number of ether oxygens (including phenoxy) is 2. The minimum atomic E-state index is -0.514. The van der Waals surface area contributed by atoms with Crippen LogP contribution in [-0.4, -0.2) is 86.7 Å². The number of likely N-dealkylation sites (tertiary alicyclic amines) is 2. The fourth-order valence-corrected chi connectivity index (χ4v) is 8.73. The van der Waals surface area contributed by atoms with E-state index in [0.29, 0.717) is 42.9 Å². The molecule has 0 amide bonds. The van der Waals surface area contributed by atoms with Gasteiger partial charge in [-0.25, -0.2) is 0 Å². The minimum Gasteiger partial charge on any atom is -0.508 e. The monoisotopic (exact) mass is 693 g/mol. The Balaban J connectivity index is 0.000000159. The number of hydrogen-bond donors (Lipinski definition) is 4. The van der Waals surface area contributed by atoms with E-state index in [1.54, 1.807) is 54.7 Å². The van der Waals surface area contributed by atoms with Crippen molar-refractivity contribution in [3.8, 4) is 23.0 Å². The number of hydrogen-bond acceptors (Lipinski definition) is 9. The summed E-state index contributed by atoms with van der Waals surface area (Å²) in [7, 11) is 0. The van der Waals surface area contributed by atoms with E-state index in [1.165, 1.54) is 0 Å². The van der Waals surface area contributed by atoms with Crippen LogP contribution in [0.25, 0.3) is 0 Å². The van der Waals surface area contributed by atoms with Gasteiger partial charge in [0.05, 0.1) is 30.1 Å². The number of aryl methyl sites for hydroxylation is 1. The number of phenols is 2. The largest absolute Gasteiger partial charge is 0.508 e. The van der Waals surface area contributed by atoms with Gasteiger partial charge in [-0.3, -0.25) is 14.8 Å². The predicted molar refractivity (Wildman–Crippen MR) is 196 cm³/mol. The predicted octanol–water partition coefficient (Wildman–Crippen LogP) is 6.13. The highest BCUT2D eigenvalue weighted by Gasteiger charge is 2.43. The number of aromatic nitrogens is 1. The smallest absolute Gasteiger partial charge is 0.140 e. The summed E-state index contributed by atoms with van der Waals surface area (Å²) < 4.78 is 12.3. The van der Waals surface area contributed by atoms with E-state index in [-0.39, 0.29) is 17.6 Å². The molecule has 4 aromatic rings. The molecule has 0 bridgehead atoms. The normalized spacial score (nSPS) is 26.9. The Morgan fingerprint density at radius 2 is 1.06 bits per heavy atom. The second kappa shape index (κ2) is 16.0. The van der Waals surface area contributed by atoms with Gasteiger partial charge in [-0.05, 0) is 116 Å². The summed E-state index contributed by atoms with van der Waals surface area (Å²) in [6.45, 7) is 7.39. The summed E-state index contributed by atoms with van der Waals surface area (Å²) >= 11 is 0. The molecular formula is C42H51N3O6. The Kier molecular flexibility index (Phi) is 11.1. The van der Waals surface area contributed by atoms with Gasteiger partial charge in [0.2, 0.25) is 0 Å². The van der Waals surface area contributed by atoms with Gasteiger partial charge >= 0.3 is 0 Å². The highest BCUT2D eigenvalue weighted by atomic mass is 16.5. The van der Waals surface area contributed by atoms with Gasteiger partial charge < -0.3 is 29.9 Å². The summed E-state index contributed by atoms with van der Waals surface area (Å²) in [6.07, 6.45) is 5.73. The Labute approximate surface area is 301 Å². The summed E-state index contributed by atoms with van der Waals surface area (Å²) in [5.41, 5.74) is 2.66. The van der Waals surface area contributed by atoms with Crippen LogP contribution in [0.15, 0.2) is 97.2 Å². The van der Waals surface area contributed by atoms with Gasteiger partial charge in [-0.1, -0.05) is 42.5 Å². The third kappa shape index (κ3) is 9.02. The van der Waals surface area contributed by atoms with Crippen LogP contribution >= 0.6 is 0 Å². The van der Waals surface area contributed by atoms with Crippen molar-refractivity contribution < 1.29 is 29.9 Å². The molecule has 4 fully saturated rings. The number of β-amino-alcohol motifs (C(OH)–C–C–N with tert-alkyl or cyclic N) is 2. The molecule has 4 N–H and O–H groups in total. The van der Waals surface area contributed by atoms with E-state index in [9.17, 15) is 20.4 Å². The second-order valence-corrected chi connectivity index (χ2v) is 15.0. The number of fused-ring (bicyclic) bond motifs is 2. The molecule has 51 heavy (non-hydrogen) atoms. The Morgan fingerprint density at radius 1 is 0.608 bits per heavy atom. The maximum absolute atomic E-state index is 10.5. The Bertz CT molecular complexity index is 1660. The van der Waals surface area contributed by atoms with E-state index >= 15 is 0 Å². The average molecular weight is 694 g/mol. The molecule has 2 aliphatic heterocycles. The topological polar surface area (TPSA) is 119 Å².